The molecule has 2 aromatic rings. The highest BCUT2D eigenvalue weighted by atomic mass is 35.5. The number of esters is 1. The van der Waals surface area contributed by atoms with Gasteiger partial charge in [0.15, 0.2) is 15.1 Å². The minimum atomic E-state index is -4.04. The molecule has 2 rings (SSSR count). The number of halogens is 2. The Bertz CT molecular complexity index is 944. The maximum absolute atomic E-state index is 12.5. The number of hydrogen-bond acceptors (Lipinski definition) is 6. The van der Waals surface area contributed by atoms with Crippen molar-refractivity contribution >= 4 is 44.7 Å². The number of nitro benzene ring substituents is 1. The summed E-state index contributed by atoms with van der Waals surface area (Å²) in [6.45, 7) is 1.02. The Kier molecular flexibility index (Phi) is 6.22. The molecule has 10 heteroatoms. The standard InChI is InChI=1S/C16H13Cl2NO6S/c1-10(16(20)25-9-11-2-7-14(17)15(18)8-11)26(23,24)13-5-3-12(4-6-13)19(21)22/h2-8,10H,9H2,1H3/t10-/m0/s1. The summed E-state index contributed by atoms with van der Waals surface area (Å²) in [6, 6.07) is 8.90. The van der Waals surface area contributed by atoms with Crippen LogP contribution in [0.25, 0.3) is 0 Å². The van der Waals surface area contributed by atoms with Crippen molar-refractivity contribution in [2.75, 3.05) is 0 Å². The third-order valence-corrected chi connectivity index (χ3v) is 6.33. The molecule has 0 fully saturated rings. The lowest BCUT2D eigenvalue weighted by Crippen LogP contribution is -2.29. The summed E-state index contributed by atoms with van der Waals surface area (Å²) < 4.78 is 29.9. The van der Waals surface area contributed by atoms with E-state index in [-0.39, 0.29) is 22.2 Å². The minimum Gasteiger partial charge on any atom is -0.460 e. The Morgan fingerprint density at radius 1 is 1.15 bits per heavy atom. The molecule has 0 aliphatic carbocycles. The Balaban J connectivity index is 2.10. The van der Waals surface area contributed by atoms with Gasteiger partial charge in [0.1, 0.15) is 6.61 Å². The summed E-state index contributed by atoms with van der Waals surface area (Å²) in [7, 11) is -4.04. The monoisotopic (exact) mass is 417 g/mol. The van der Waals surface area contributed by atoms with Gasteiger partial charge in [-0.15, -0.1) is 0 Å². The van der Waals surface area contributed by atoms with Gasteiger partial charge in [0, 0.05) is 12.1 Å². The van der Waals surface area contributed by atoms with E-state index in [1.54, 1.807) is 6.07 Å². The molecule has 0 aliphatic heterocycles. The fraction of sp³-hybridized carbons (Fsp3) is 0.188. The molecule has 0 spiro atoms. The van der Waals surface area contributed by atoms with Crippen LogP contribution in [-0.2, 0) is 26.0 Å². The number of rotatable bonds is 6. The molecule has 7 nitrogen and oxygen atoms in total. The normalized spacial score (nSPS) is 12.4. The summed E-state index contributed by atoms with van der Waals surface area (Å²) in [5, 5.41) is 9.78. The number of carbonyl (C=O) groups excluding carboxylic acids is 1. The van der Waals surface area contributed by atoms with Crippen molar-refractivity contribution in [3.63, 3.8) is 0 Å². The molecule has 0 amide bonds. The number of non-ortho nitro benzene ring substituents is 1. The maximum Gasteiger partial charge on any atom is 0.324 e. The van der Waals surface area contributed by atoms with E-state index in [1.165, 1.54) is 19.1 Å². The van der Waals surface area contributed by atoms with E-state index >= 15 is 0 Å². The van der Waals surface area contributed by atoms with Crippen molar-refractivity contribution in [1.29, 1.82) is 0 Å². The van der Waals surface area contributed by atoms with E-state index in [1.807, 2.05) is 0 Å². The number of benzene rings is 2. The zero-order valence-corrected chi connectivity index (χ0v) is 15.7. The summed E-state index contributed by atoms with van der Waals surface area (Å²) in [5.74, 6) is -0.950. The maximum atomic E-state index is 12.5. The van der Waals surface area contributed by atoms with Crippen LogP contribution in [0.15, 0.2) is 47.4 Å². The molecule has 0 N–H and O–H groups in total. The lowest BCUT2D eigenvalue weighted by atomic mass is 10.2. The summed E-state index contributed by atoms with van der Waals surface area (Å²) >= 11 is 11.7. The fourth-order valence-corrected chi connectivity index (χ4v) is 3.56. The number of nitro groups is 1. The average Bonchev–Trinajstić information content (AvgIpc) is 2.61. The van der Waals surface area contributed by atoms with Gasteiger partial charge in [-0.1, -0.05) is 29.3 Å². The predicted octanol–water partition coefficient (Wildman–Crippen LogP) is 3.81. The molecule has 0 saturated carbocycles. The molecule has 0 radical (unpaired) electrons. The number of carbonyl (C=O) groups is 1. The smallest absolute Gasteiger partial charge is 0.324 e. The SMILES string of the molecule is C[C@@H](C(=O)OCc1ccc(Cl)c(Cl)c1)S(=O)(=O)c1ccc([N+](=O)[O-])cc1. The van der Waals surface area contributed by atoms with Crippen LogP contribution < -0.4 is 0 Å². The first-order chi connectivity index (χ1) is 12.1. The minimum absolute atomic E-state index is 0.171. The van der Waals surface area contributed by atoms with Crippen LogP contribution >= 0.6 is 23.2 Å². The highest BCUT2D eigenvalue weighted by Crippen LogP contribution is 2.24. The molecule has 0 unspecified atom stereocenters. The van der Waals surface area contributed by atoms with Gasteiger partial charge >= 0.3 is 5.97 Å². The number of sulfone groups is 1. The second-order valence-electron chi connectivity index (χ2n) is 5.29. The molecule has 1 atom stereocenters. The van der Waals surface area contributed by atoms with Crippen LogP contribution in [0.5, 0.6) is 0 Å². The second kappa shape index (κ2) is 8.03. The van der Waals surface area contributed by atoms with Crippen LogP contribution in [0.2, 0.25) is 10.0 Å². The largest absolute Gasteiger partial charge is 0.460 e. The van der Waals surface area contributed by atoms with E-state index < -0.39 is 26.0 Å². The number of hydrogen-bond donors (Lipinski definition) is 0. The van der Waals surface area contributed by atoms with Gasteiger partial charge in [-0.2, -0.15) is 0 Å². The topological polar surface area (TPSA) is 104 Å². The molecule has 0 aromatic heterocycles. The molecular weight excluding hydrogens is 405 g/mol. The zero-order chi connectivity index (χ0) is 19.5. The number of ether oxygens (including phenoxy) is 1. The highest BCUT2D eigenvalue weighted by Gasteiger charge is 2.31. The molecule has 26 heavy (non-hydrogen) atoms. The van der Waals surface area contributed by atoms with Crippen molar-refractivity contribution in [3.05, 3.63) is 68.2 Å². The highest BCUT2D eigenvalue weighted by molar-refractivity contribution is 7.92. The molecule has 138 valence electrons. The first-order valence-corrected chi connectivity index (χ1v) is 9.52. The first kappa shape index (κ1) is 20.2. The van der Waals surface area contributed by atoms with Gasteiger partial charge in [0.05, 0.1) is 19.9 Å². The molecule has 2 aromatic carbocycles. The van der Waals surface area contributed by atoms with Crippen LogP contribution in [0.4, 0.5) is 5.69 Å². The van der Waals surface area contributed by atoms with Crippen molar-refractivity contribution in [2.24, 2.45) is 0 Å². The molecule has 0 saturated heterocycles. The van der Waals surface area contributed by atoms with Crippen molar-refractivity contribution < 1.29 is 22.9 Å². The fourth-order valence-electron chi connectivity index (χ4n) is 1.99. The number of nitrogens with zero attached hydrogens (tertiary/aromatic N) is 1. The zero-order valence-electron chi connectivity index (χ0n) is 13.4. The van der Waals surface area contributed by atoms with Crippen molar-refractivity contribution in [2.45, 2.75) is 23.7 Å². The molecule has 0 aliphatic rings. The average molecular weight is 418 g/mol. The molecule has 0 heterocycles. The lowest BCUT2D eigenvalue weighted by molar-refractivity contribution is -0.384. The van der Waals surface area contributed by atoms with Crippen molar-refractivity contribution in [1.82, 2.24) is 0 Å². The lowest BCUT2D eigenvalue weighted by Gasteiger charge is -2.13. The van der Waals surface area contributed by atoms with Crippen LogP contribution in [0.3, 0.4) is 0 Å². The molecular formula is C16H13Cl2NO6S. The third kappa shape index (κ3) is 4.51. The van der Waals surface area contributed by atoms with E-state index in [4.69, 9.17) is 27.9 Å². The van der Waals surface area contributed by atoms with E-state index in [9.17, 15) is 23.3 Å². The van der Waals surface area contributed by atoms with E-state index in [0.29, 0.717) is 10.6 Å². The Hall–Kier alpha value is -2.16. The molecule has 0 bridgehead atoms. The summed E-state index contributed by atoms with van der Waals surface area (Å²) in [5.41, 5.74) is 0.298. The van der Waals surface area contributed by atoms with Gasteiger partial charge in [-0.05, 0) is 36.8 Å². The van der Waals surface area contributed by atoms with Crippen molar-refractivity contribution in [3.8, 4) is 0 Å². The van der Waals surface area contributed by atoms with E-state index in [2.05, 4.69) is 0 Å². The quantitative estimate of drug-likeness (QED) is 0.402. The predicted molar refractivity (Wildman–Crippen MR) is 96.0 cm³/mol. The van der Waals surface area contributed by atoms with Crippen LogP contribution in [0, 0.1) is 10.1 Å². The van der Waals surface area contributed by atoms with Gasteiger partial charge in [-0.25, -0.2) is 8.42 Å². The Morgan fingerprint density at radius 2 is 1.77 bits per heavy atom. The first-order valence-electron chi connectivity index (χ1n) is 7.22. The Morgan fingerprint density at radius 3 is 2.31 bits per heavy atom. The summed E-state index contributed by atoms with van der Waals surface area (Å²) in [6.07, 6.45) is 0. The van der Waals surface area contributed by atoms with Crippen LogP contribution in [0.1, 0.15) is 12.5 Å². The van der Waals surface area contributed by atoms with Gasteiger partial charge in [-0.3, -0.25) is 14.9 Å². The summed E-state index contributed by atoms with van der Waals surface area (Å²) in [4.78, 5) is 21.9. The second-order valence-corrected chi connectivity index (χ2v) is 8.38. The Labute approximate surface area is 159 Å². The van der Waals surface area contributed by atoms with Gasteiger partial charge < -0.3 is 4.74 Å². The third-order valence-electron chi connectivity index (χ3n) is 3.54. The van der Waals surface area contributed by atoms with Crippen LogP contribution in [-0.4, -0.2) is 24.6 Å². The van der Waals surface area contributed by atoms with E-state index in [0.717, 1.165) is 24.3 Å². The van der Waals surface area contributed by atoms with Gasteiger partial charge in [0.25, 0.3) is 5.69 Å². The van der Waals surface area contributed by atoms with Gasteiger partial charge in [0.2, 0.25) is 0 Å².